The highest BCUT2D eigenvalue weighted by atomic mass is 35.5. The first-order valence-electron chi connectivity index (χ1n) is 7.69. The number of rotatable bonds is 11. The van der Waals surface area contributed by atoms with E-state index in [1.54, 1.807) is 6.07 Å². The highest BCUT2D eigenvalue weighted by Gasteiger charge is 2.07. The van der Waals surface area contributed by atoms with Gasteiger partial charge >= 0.3 is 0 Å². The molecule has 0 bridgehead atoms. The van der Waals surface area contributed by atoms with Gasteiger partial charge in [-0.25, -0.2) is 0 Å². The molecular formula is C16H25Cl2N3O. The summed E-state index contributed by atoms with van der Waals surface area (Å²) in [5, 5.41) is 4.71. The lowest BCUT2D eigenvalue weighted by molar-refractivity contribution is -0.119. The Morgan fingerprint density at radius 2 is 1.64 bits per heavy atom. The lowest BCUT2D eigenvalue weighted by atomic mass is 10.1. The van der Waals surface area contributed by atoms with Gasteiger partial charge in [0.2, 0.25) is 5.91 Å². The van der Waals surface area contributed by atoms with Crippen LogP contribution in [0.15, 0.2) is 18.2 Å². The van der Waals surface area contributed by atoms with Gasteiger partial charge in [-0.2, -0.15) is 0 Å². The van der Waals surface area contributed by atoms with Crippen molar-refractivity contribution in [2.24, 2.45) is 11.5 Å². The number of nitrogens with one attached hydrogen (secondary N) is 1. The summed E-state index contributed by atoms with van der Waals surface area (Å²) in [4.78, 5) is 10.8. The van der Waals surface area contributed by atoms with Gasteiger partial charge in [-0.1, -0.05) is 48.9 Å². The van der Waals surface area contributed by atoms with Crippen LogP contribution < -0.4 is 16.8 Å². The van der Waals surface area contributed by atoms with E-state index in [1.165, 1.54) is 0 Å². The molecule has 5 N–H and O–H groups in total. The molecule has 0 radical (unpaired) electrons. The summed E-state index contributed by atoms with van der Waals surface area (Å²) in [6.07, 6.45) is 6.16. The van der Waals surface area contributed by atoms with Crippen LogP contribution in [0.25, 0.3) is 0 Å². The van der Waals surface area contributed by atoms with E-state index in [1.807, 2.05) is 12.1 Å². The smallest absolute Gasteiger partial charge is 0.234 e. The SMILES string of the molecule is NC(=O)C(N)CCCCCCCNCc1cc(Cl)cc(Cl)c1. The predicted octanol–water partition coefficient (Wildman–Crippen LogP) is 3.24. The zero-order valence-corrected chi connectivity index (χ0v) is 14.3. The van der Waals surface area contributed by atoms with Gasteiger partial charge in [-0.3, -0.25) is 4.79 Å². The number of unbranched alkanes of at least 4 members (excludes halogenated alkanes) is 4. The molecule has 4 nitrogen and oxygen atoms in total. The fourth-order valence-electron chi connectivity index (χ4n) is 2.23. The highest BCUT2D eigenvalue weighted by Crippen LogP contribution is 2.18. The van der Waals surface area contributed by atoms with Crippen LogP contribution in [0.2, 0.25) is 10.0 Å². The maximum Gasteiger partial charge on any atom is 0.234 e. The predicted molar refractivity (Wildman–Crippen MR) is 93.0 cm³/mol. The monoisotopic (exact) mass is 345 g/mol. The van der Waals surface area contributed by atoms with Crippen molar-refractivity contribution in [3.05, 3.63) is 33.8 Å². The molecule has 22 heavy (non-hydrogen) atoms. The number of carbonyl (C=O) groups excluding carboxylic acids is 1. The number of hydrogen-bond acceptors (Lipinski definition) is 3. The number of nitrogens with two attached hydrogens (primary N) is 2. The Bertz CT molecular complexity index is 448. The Labute approximate surface area is 142 Å². The van der Waals surface area contributed by atoms with Crippen LogP contribution in [0.1, 0.15) is 44.1 Å². The second-order valence-electron chi connectivity index (χ2n) is 5.52. The van der Waals surface area contributed by atoms with Gasteiger partial charge < -0.3 is 16.8 Å². The van der Waals surface area contributed by atoms with Gasteiger partial charge in [0.1, 0.15) is 0 Å². The van der Waals surface area contributed by atoms with Crippen LogP contribution in [0.5, 0.6) is 0 Å². The van der Waals surface area contributed by atoms with Gasteiger partial charge in [-0.05, 0) is 43.1 Å². The maximum atomic E-state index is 10.8. The Hall–Kier alpha value is -0.810. The summed E-state index contributed by atoms with van der Waals surface area (Å²) in [7, 11) is 0. The highest BCUT2D eigenvalue weighted by molar-refractivity contribution is 6.34. The Kier molecular flexibility index (Phi) is 9.48. The van der Waals surface area contributed by atoms with Crippen molar-refractivity contribution in [2.75, 3.05) is 6.54 Å². The van der Waals surface area contributed by atoms with E-state index in [0.717, 1.165) is 50.8 Å². The lowest BCUT2D eigenvalue weighted by Crippen LogP contribution is -2.36. The molecule has 0 aliphatic rings. The van der Waals surface area contributed by atoms with E-state index in [0.29, 0.717) is 16.5 Å². The second kappa shape index (κ2) is 10.8. The minimum atomic E-state index is -0.494. The first-order valence-corrected chi connectivity index (χ1v) is 8.45. The summed E-state index contributed by atoms with van der Waals surface area (Å²) >= 11 is 11.9. The third-order valence-electron chi connectivity index (χ3n) is 3.49. The van der Waals surface area contributed by atoms with Crippen LogP contribution in [-0.2, 0) is 11.3 Å². The Balaban J connectivity index is 1.99. The molecule has 0 aliphatic heterocycles. The molecule has 6 heteroatoms. The third kappa shape index (κ3) is 8.59. The van der Waals surface area contributed by atoms with E-state index in [4.69, 9.17) is 34.7 Å². The first kappa shape index (κ1) is 19.2. The van der Waals surface area contributed by atoms with E-state index in [-0.39, 0.29) is 0 Å². The van der Waals surface area contributed by atoms with Gasteiger partial charge in [-0.15, -0.1) is 0 Å². The van der Waals surface area contributed by atoms with Crippen molar-refractivity contribution >= 4 is 29.1 Å². The quantitative estimate of drug-likeness (QED) is 0.538. The summed E-state index contributed by atoms with van der Waals surface area (Å²) in [6.45, 7) is 1.73. The summed E-state index contributed by atoms with van der Waals surface area (Å²) in [5.74, 6) is -0.412. The Morgan fingerprint density at radius 3 is 2.27 bits per heavy atom. The minimum absolute atomic E-state index is 0.412. The number of primary amides is 1. The Morgan fingerprint density at radius 1 is 1.05 bits per heavy atom. The zero-order chi connectivity index (χ0) is 16.4. The van der Waals surface area contributed by atoms with Crippen molar-refractivity contribution in [1.29, 1.82) is 0 Å². The molecule has 1 aromatic carbocycles. The lowest BCUT2D eigenvalue weighted by Gasteiger charge is -2.07. The van der Waals surface area contributed by atoms with E-state index < -0.39 is 11.9 Å². The van der Waals surface area contributed by atoms with Crippen LogP contribution >= 0.6 is 23.2 Å². The van der Waals surface area contributed by atoms with Crippen LogP contribution in [0.3, 0.4) is 0 Å². The topological polar surface area (TPSA) is 81.1 Å². The second-order valence-corrected chi connectivity index (χ2v) is 6.39. The number of amides is 1. The van der Waals surface area contributed by atoms with Crippen LogP contribution in [0.4, 0.5) is 0 Å². The largest absolute Gasteiger partial charge is 0.368 e. The molecule has 0 heterocycles. The van der Waals surface area contributed by atoms with Crippen LogP contribution in [-0.4, -0.2) is 18.5 Å². The van der Waals surface area contributed by atoms with Crippen molar-refractivity contribution in [3.8, 4) is 0 Å². The summed E-state index contributed by atoms with van der Waals surface area (Å²) < 4.78 is 0. The number of carbonyl (C=O) groups is 1. The summed E-state index contributed by atoms with van der Waals surface area (Å²) in [6, 6.07) is 5.08. The molecule has 1 rings (SSSR count). The molecule has 0 saturated carbocycles. The van der Waals surface area contributed by atoms with E-state index in [2.05, 4.69) is 5.32 Å². The van der Waals surface area contributed by atoms with Gasteiger partial charge in [0.25, 0.3) is 0 Å². The van der Waals surface area contributed by atoms with Crippen LogP contribution in [0, 0.1) is 0 Å². The molecule has 0 saturated heterocycles. The molecule has 1 unspecified atom stereocenters. The third-order valence-corrected chi connectivity index (χ3v) is 3.92. The van der Waals surface area contributed by atoms with Gasteiger partial charge in [0.05, 0.1) is 6.04 Å². The van der Waals surface area contributed by atoms with E-state index in [9.17, 15) is 4.79 Å². The van der Waals surface area contributed by atoms with Crippen molar-refractivity contribution in [1.82, 2.24) is 5.32 Å². The average molecular weight is 346 g/mol. The molecule has 1 amide bonds. The zero-order valence-electron chi connectivity index (χ0n) is 12.8. The van der Waals surface area contributed by atoms with E-state index >= 15 is 0 Å². The standard InChI is InChI=1S/C16H25Cl2N3O/c17-13-8-12(9-14(18)10-13)11-21-7-5-3-1-2-4-6-15(19)16(20)22/h8-10,15,21H,1-7,11,19H2,(H2,20,22). The van der Waals surface area contributed by atoms with Crippen molar-refractivity contribution in [2.45, 2.75) is 51.1 Å². The fourth-order valence-corrected chi connectivity index (χ4v) is 2.80. The molecular weight excluding hydrogens is 321 g/mol. The number of hydrogen-bond donors (Lipinski definition) is 3. The molecule has 0 spiro atoms. The molecule has 1 atom stereocenters. The molecule has 0 aromatic heterocycles. The van der Waals surface area contributed by atoms with Gasteiger partial charge in [0.15, 0.2) is 0 Å². The maximum absolute atomic E-state index is 10.8. The van der Waals surface area contributed by atoms with Gasteiger partial charge in [0, 0.05) is 16.6 Å². The average Bonchev–Trinajstić information content (AvgIpc) is 2.44. The van der Waals surface area contributed by atoms with Crippen molar-refractivity contribution in [3.63, 3.8) is 0 Å². The molecule has 0 aliphatic carbocycles. The normalized spacial score (nSPS) is 12.3. The molecule has 1 aromatic rings. The molecule has 0 fully saturated rings. The molecule has 124 valence electrons. The fraction of sp³-hybridized carbons (Fsp3) is 0.562. The minimum Gasteiger partial charge on any atom is -0.368 e. The van der Waals surface area contributed by atoms with Crippen molar-refractivity contribution < 1.29 is 4.79 Å². The first-order chi connectivity index (χ1) is 10.5. The number of halogens is 2. The number of benzene rings is 1. The summed E-state index contributed by atoms with van der Waals surface area (Å²) in [5.41, 5.74) is 11.8.